The van der Waals surface area contributed by atoms with Crippen molar-refractivity contribution in [3.63, 3.8) is 0 Å². The number of rotatable bonds is 10. The number of thiophene rings is 1. The Morgan fingerprint density at radius 2 is 2.08 bits per heavy atom. The van der Waals surface area contributed by atoms with E-state index < -0.39 is 0 Å². The first kappa shape index (κ1) is 26.8. The number of nitrogens with one attached hydrogen (secondary N) is 1. The highest BCUT2D eigenvalue weighted by atomic mass is 32.1. The number of fused-ring (bicyclic) bond motifs is 1. The summed E-state index contributed by atoms with van der Waals surface area (Å²) < 4.78 is 5.81. The number of nitriles is 1. The molecule has 1 aromatic heterocycles. The summed E-state index contributed by atoms with van der Waals surface area (Å²) in [6.07, 6.45) is 5.56. The molecule has 4 rings (SSSR count). The number of hydrogen-bond acceptors (Lipinski definition) is 6. The molecule has 37 heavy (non-hydrogen) atoms. The number of nitrogens with zero attached hydrogens (tertiary/aromatic N) is 2. The molecule has 1 atom stereocenters. The van der Waals surface area contributed by atoms with Crippen LogP contribution in [0.4, 0.5) is 5.00 Å². The highest BCUT2D eigenvalue weighted by Crippen LogP contribution is 2.38. The lowest BCUT2D eigenvalue weighted by atomic mass is 10.0. The Morgan fingerprint density at radius 3 is 2.78 bits per heavy atom. The van der Waals surface area contributed by atoms with E-state index in [1.165, 1.54) is 16.0 Å². The summed E-state index contributed by atoms with van der Waals surface area (Å²) in [5.74, 6) is 0.673. The van der Waals surface area contributed by atoms with Crippen LogP contribution in [-0.4, -0.2) is 22.7 Å². The van der Waals surface area contributed by atoms with Gasteiger partial charge in [0.05, 0.1) is 11.7 Å². The van der Waals surface area contributed by atoms with Gasteiger partial charge in [-0.3, -0.25) is 4.90 Å². The molecule has 1 unspecified atom stereocenters. The van der Waals surface area contributed by atoms with E-state index in [0.717, 1.165) is 66.3 Å². The molecule has 2 N–H and O–H groups in total. The third-order valence-corrected chi connectivity index (χ3v) is 7.98. The van der Waals surface area contributed by atoms with Gasteiger partial charge in [-0.1, -0.05) is 55.8 Å². The number of benzene rings is 2. The summed E-state index contributed by atoms with van der Waals surface area (Å²) in [5, 5.41) is 25.1. The fourth-order valence-electron chi connectivity index (χ4n) is 4.71. The molecule has 0 fully saturated rings. The molecule has 1 aliphatic rings. The quantitative estimate of drug-likeness (QED) is 0.296. The van der Waals surface area contributed by atoms with Crippen molar-refractivity contribution in [3.8, 4) is 17.6 Å². The maximum Gasteiger partial charge on any atom is 0.161 e. The summed E-state index contributed by atoms with van der Waals surface area (Å²) in [4.78, 5) is 3.74. The van der Waals surface area contributed by atoms with Crippen molar-refractivity contribution in [2.75, 3.05) is 11.9 Å². The van der Waals surface area contributed by atoms with Crippen molar-refractivity contribution in [2.24, 2.45) is 0 Å². The minimum atomic E-state index is 0.0518. The fourth-order valence-corrected chi connectivity index (χ4v) is 5.89. The molecular formula is C31H37N3O2S. The Morgan fingerprint density at radius 1 is 1.24 bits per heavy atom. The maximum atomic E-state index is 10.5. The van der Waals surface area contributed by atoms with Crippen LogP contribution in [0, 0.1) is 18.3 Å². The summed E-state index contributed by atoms with van der Waals surface area (Å²) in [6, 6.07) is 16.8. The van der Waals surface area contributed by atoms with Crippen LogP contribution in [-0.2, 0) is 25.9 Å². The fraction of sp³-hybridized carbons (Fsp3) is 0.387. The van der Waals surface area contributed by atoms with Crippen molar-refractivity contribution in [3.05, 3.63) is 86.9 Å². The zero-order chi connectivity index (χ0) is 26.4. The summed E-state index contributed by atoms with van der Waals surface area (Å²) in [5.41, 5.74) is 6.53. The predicted octanol–water partition coefficient (Wildman–Crippen LogP) is 7.32. The molecule has 0 amide bonds. The van der Waals surface area contributed by atoms with Crippen LogP contribution in [0.5, 0.6) is 11.5 Å². The molecule has 5 nitrogen and oxygen atoms in total. The molecule has 0 saturated carbocycles. The van der Waals surface area contributed by atoms with E-state index in [4.69, 9.17) is 4.74 Å². The number of allylic oxidation sites excluding steroid dienone is 2. The topological polar surface area (TPSA) is 68.5 Å². The summed E-state index contributed by atoms with van der Waals surface area (Å²) in [6.45, 7) is 11.0. The molecule has 6 heteroatoms. The van der Waals surface area contributed by atoms with E-state index in [-0.39, 0.29) is 11.9 Å². The third kappa shape index (κ3) is 6.74. The van der Waals surface area contributed by atoms with E-state index in [0.29, 0.717) is 12.2 Å². The van der Waals surface area contributed by atoms with Gasteiger partial charge < -0.3 is 15.2 Å². The second-order valence-electron chi connectivity index (χ2n) is 9.85. The van der Waals surface area contributed by atoms with E-state index in [2.05, 4.69) is 67.4 Å². The molecule has 0 spiro atoms. The Kier molecular flexibility index (Phi) is 8.91. The second kappa shape index (κ2) is 12.3. The number of hydrogen-bond donors (Lipinski definition) is 2. The average molecular weight is 516 g/mol. The monoisotopic (exact) mass is 515 g/mol. The van der Waals surface area contributed by atoms with Gasteiger partial charge in [0.2, 0.25) is 0 Å². The highest BCUT2D eigenvalue weighted by molar-refractivity contribution is 7.16. The van der Waals surface area contributed by atoms with Crippen molar-refractivity contribution >= 4 is 16.3 Å². The van der Waals surface area contributed by atoms with Crippen molar-refractivity contribution < 1.29 is 9.84 Å². The van der Waals surface area contributed by atoms with Crippen LogP contribution >= 0.6 is 11.3 Å². The van der Waals surface area contributed by atoms with E-state index in [1.807, 2.05) is 19.1 Å². The summed E-state index contributed by atoms with van der Waals surface area (Å²) in [7, 11) is 0. The van der Waals surface area contributed by atoms with E-state index in [1.54, 1.807) is 17.4 Å². The van der Waals surface area contributed by atoms with Gasteiger partial charge in [-0.05, 0) is 56.4 Å². The molecule has 194 valence electrons. The van der Waals surface area contributed by atoms with Gasteiger partial charge in [-0.15, -0.1) is 11.3 Å². The first-order valence-electron chi connectivity index (χ1n) is 13.2. The van der Waals surface area contributed by atoms with Gasteiger partial charge in [0, 0.05) is 42.2 Å². The Hall–Kier alpha value is -3.27. The maximum absolute atomic E-state index is 10.5. The number of aryl methyl sites for hydroxylation is 1. The van der Waals surface area contributed by atoms with Gasteiger partial charge >= 0.3 is 0 Å². The molecule has 0 radical (unpaired) electrons. The number of aromatic hydroxyl groups is 1. The SMILES string of the molecule is CC/C=C(/Cc1ccc(OC(C)CC)c(O)c1)Nc1sc2c(c1C#N)CN(Cc1cccc(C)c1)CC2. The second-order valence-corrected chi connectivity index (χ2v) is 11.0. The Bertz CT molecular complexity index is 1300. The van der Waals surface area contributed by atoms with Crippen LogP contribution in [0.25, 0.3) is 0 Å². The van der Waals surface area contributed by atoms with Gasteiger partial charge in [-0.2, -0.15) is 5.26 Å². The minimum Gasteiger partial charge on any atom is -0.504 e. The van der Waals surface area contributed by atoms with Crippen LogP contribution < -0.4 is 10.1 Å². The molecule has 3 aromatic rings. The number of ether oxygens (including phenoxy) is 1. The molecule has 1 aliphatic heterocycles. The smallest absolute Gasteiger partial charge is 0.161 e. The standard InChI is InChI=1S/C31H37N3O2S/c1-5-8-25(16-23-11-12-29(28(35)17-23)36-22(4)6-2)33-31-26(18-32)27-20-34(14-13-30(27)37-31)19-24-10-7-9-21(3)15-24/h7-12,15,17,22,33,35H,5-6,13-14,16,19-20H2,1-4H3/b25-8-. The molecule has 0 aliphatic carbocycles. The van der Waals surface area contributed by atoms with Crippen molar-refractivity contribution in [1.29, 1.82) is 5.26 Å². The summed E-state index contributed by atoms with van der Waals surface area (Å²) >= 11 is 1.71. The average Bonchev–Trinajstić information content (AvgIpc) is 3.21. The highest BCUT2D eigenvalue weighted by Gasteiger charge is 2.25. The van der Waals surface area contributed by atoms with Gasteiger partial charge in [-0.25, -0.2) is 0 Å². The van der Waals surface area contributed by atoms with Gasteiger partial charge in [0.25, 0.3) is 0 Å². The minimum absolute atomic E-state index is 0.0518. The zero-order valence-corrected chi connectivity index (χ0v) is 23.1. The predicted molar refractivity (Wildman–Crippen MR) is 152 cm³/mol. The van der Waals surface area contributed by atoms with Crippen LogP contribution in [0.15, 0.2) is 54.2 Å². The lowest BCUT2D eigenvalue weighted by Crippen LogP contribution is -2.29. The number of phenols is 1. The molecule has 2 heterocycles. The molecule has 2 aromatic carbocycles. The largest absolute Gasteiger partial charge is 0.504 e. The van der Waals surface area contributed by atoms with Crippen molar-refractivity contribution in [1.82, 2.24) is 4.90 Å². The van der Waals surface area contributed by atoms with Crippen molar-refractivity contribution in [2.45, 2.75) is 72.6 Å². The first-order chi connectivity index (χ1) is 17.9. The third-order valence-electron chi connectivity index (χ3n) is 6.77. The first-order valence-corrected chi connectivity index (χ1v) is 14.0. The van der Waals surface area contributed by atoms with E-state index in [9.17, 15) is 10.4 Å². The Labute approximate surface area is 225 Å². The van der Waals surface area contributed by atoms with Crippen LogP contribution in [0.3, 0.4) is 0 Å². The lowest BCUT2D eigenvalue weighted by molar-refractivity contribution is 0.209. The molecule has 0 bridgehead atoms. The molecule has 0 saturated heterocycles. The molecular weight excluding hydrogens is 478 g/mol. The van der Waals surface area contributed by atoms with Gasteiger partial charge in [0.15, 0.2) is 11.5 Å². The lowest BCUT2D eigenvalue weighted by Gasteiger charge is -2.27. The number of phenolic OH excluding ortho intramolecular Hbond substituents is 1. The van der Waals surface area contributed by atoms with Gasteiger partial charge in [0.1, 0.15) is 11.1 Å². The zero-order valence-electron chi connectivity index (χ0n) is 22.3. The Balaban J connectivity index is 1.49. The van der Waals surface area contributed by atoms with Crippen LogP contribution in [0.2, 0.25) is 0 Å². The number of anilines is 1. The van der Waals surface area contributed by atoms with E-state index >= 15 is 0 Å². The van der Waals surface area contributed by atoms with Crippen LogP contribution in [0.1, 0.15) is 66.3 Å². The normalized spacial score (nSPS) is 14.6.